The van der Waals surface area contributed by atoms with Crippen molar-refractivity contribution in [2.75, 3.05) is 6.73 Å². The average molecular weight is 255 g/mol. The molecule has 1 saturated heterocycles. The van der Waals surface area contributed by atoms with Crippen LogP contribution >= 0.6 is 0 Å². The quantitative estimate of drug-likeness (QED) is 0.736. The van der Waals surface area contributed by atoms with Crippen molar-refractivity contribution in [3.8, 4) is 0 Å². The summed E-state index contributed by atoms with van der Waals surface area (Å²) < 4.78 is 30.2. The molecule has 0 aliphatic carbocycles. The minimum absolute atomic E-state index is 0.174. The average Bonchev–Trinajstić information content (AvgIpc) is 2.61. The molecular weight excluding hydrogens is 242 g/mol. The molecule has 1 aliphatic heterocycles. The maximum absolute atomic E-state index is 12.2. The topological polar surface area (TPSA) is 63.7 Å². The Morgan fingerprint density at radius 3 is 2.35 bits per heavy atom. The Hall–Kier alpha value is -1.40. The number of carbonyl (C=O) groups excluding carboxylic acids is 1. The number of sulfonamides is 1. The van der Waals surface area contributed by atoms with E-state index in [0.717, 1.165) is 9.87 Å². The molecule has 0 radical (unpaired) electrons. The van der Waals surface area contributed by atoms with Gasteiger partial charge in [-0.3, -0.25) is 4.79 Å². The zero-order valence-corrected chi connectivity index (χ0v) is 10.4. The third kappa shape index (κ3) is 2.05. The molecule has 0 spiro atoms. The van der Waals surface area contributed by atoms with Gasteiger partial charge in [-0.25, -0.2) is 8.42 Å². The molecule has 1 aliphatic rings. The summed E-state index contributed by atoms with van der Waals surface area (Å²) in [7, 11) is -3.65. The van der Waals surface area contributed by atoms with Gasteiger partial charge in [-0.1, -0.05) is 17.7 Å². The third-order valence-electron chi connectivity index (χ3n) is 2.73. The van der Waals surface area contributed by atoms with E-state index in [1.807, 2.05) is 6.92 Å². The van der Waals surface area contributed by atoms with Gasteiger partial charge in [-0.2, -0.15) is 0 Å². The Balaban J connectivity index is 2.37. The van der Waals surface area contributed by atoms with Crippen LogP contribution in [-0.2, 0) is 19.6 Å². The minimum Gasteiger partial charge on any atom is -0.447 e. The lowest BCUT2D eigenvalue weighted by Crippen LogP contribution is -2.35. The van der Waals surface area contributed by atoms with Crippen LogP contribution in [0.4, 0.5) is 0 Å². The SMILES string of the molecule is Cc1ccc(S(=O)(=O)N2COC(=O)[C@@H]2C)cc1. The highest BCUT2D eigenvalue weighted by molar-refractivity contribution is 7.89. The summed E-state index contributed by atoms with van der Waals surface area (Å²) in [4.78, 5) is 11.4. The molecule has 0 unspecified atom stereocenters. The molecule has 1 aromatic rings. The number of esters is 1. The molecule has 6 heteroatoms. The molecule has 0 amide bonds. The van der Waals surface area contributed by atoms with Crippen LogP contribution in [0, 0.1) is 6.92 Å². The number of benzene rings is 1. The lowest BCUT2D eigenvalue weighted by atomic mass is 10.2. The highest BCUT2D eigenvalue weighted by atomic mass is 32.2. The Kier molecular flexibility index (Phi) is 2.92. The van der Waals surface area contributed by atoms with Gasteiger partial charge in [0.05, 0.1) is 4.90 Å². The van der Waals surface area contributed by atoms with Crippen LogP contribution in [0.5, 0.6) is 0 Å². The van der Waals surface area contributed by atoms with Gasteiger partial charge >= 0.3 is 5.97 Å². The van der Waals surface area contributed by atoms with Crippen LogP contribution in [0.1, 0.15) is 12.5 Å². The van der Waals surface area contributed by atoms with E-state index in [1.54, 1.807) is 12.1 Å². The van der Waals surface area contributed by atoms with E-state index in [2.05, 4.69) is 0 Å². The number of rotatable bonds is 2. The van der Waals surface area contributed by atoms with Gasteiger partial charge in [0.15, 0.2) is 6.73 Å². The second-order valence-corrected chi connectivity index (χ2v) is 5.86. The van der Waals surface area contributed by atoms with Gasteiger partial charge < -0.3 is 4.74 Å². The van der Waals surface area contributed by atoms with Gasteiger partial charge in [0.2, 0.25) is 10.0 Å². The van der Waals surface area contributed by atoms with Gasteiger partial charge in [0, 0.05) is 0 Å². The predicted octanol–water partition coefficient (Wildman–Crippen LogP) is 0.889. The van der Waals surface area contributed by atoms with E-state index in [0.29, 0.717) is 0 Å². The largest absolute Gasteiger partial charge is 0.447 e. The Labute approximate surface area is 100 Å². The molecule has 1 heterocycles. The van der Waals surface area contributed by atoms with E-state index in [1.165, 1.54) is 19.1 Å². The molecule has 0 bridgehead atoms. The molecule has 2 rings (SSSR count). The van der Waals surface area contributed by atoms with E-state index in [-0.39, 0.29) is 11.6 Å². The van der Waals surface area contributed by atoms with Crippen molar-refractivity contribution in [1.82, 2.24) is 4.31 Å². The number of aryl methyl sites for hydroxylation is 1. The lowest BCUT2D eigenvalue weighted by Gasteiger charge is -2.16. The van der Waals surface area contributed by atoms with Gasteiger partial charge in [-0.05, 0) is 26.0 Å². The molecule has 1 aromatic carbocycles. The second kappa shape index (κ2) is 4.12. The smallest absolute Gasteiger partial charge is 0.325 e. The Morgan fingerprint density at radius 2 is 1.88 bits per heavy atom. The van der Waals surface area contributed by atoms with Crippen molar-refractivity contribution in [3.05, 3.63) is 29.8 Å². The van der Waals surface area contributed by atoms with Gasteiger partial charge in [-0.15, -0.1) is 4.31 Å². The number of nitrogens with zero attached hydrogens (tertiary/aromatic N) is 1. The molecule has 1 atom stereocenters. The van der Waals surface area contributed by atoms with Crippen LogP contribution in [0.2, 0.25) is 0 Å². The fourth-order valence-corrected chi connectivity index (χ4v) is 3.05. The van der Waals surface area contributed by atoms with Crippen LogP contribution < -0.4 is 0 Å². The molecule has 0 saturated carbocycles. The van der Waals surface area contributed by atoms with E-state index >= 15 is 0 Å². The van der Waals surface area contributed by atoms with Crippen molar-refractivity contribution in [2.24, 2.45) is 0 Å². The fraction of sp³-hybridized carbons (Fsp3) is 0.364. The van der Waals surface area contributed by atoms with Crippen LogP contribution in [0.25, 0.3) is 0 Å². The van der Waals surface area contributed by atoms with Gasteiger partial charge in [0.1, 0.15) is 6.04 Å². The molecular formula is C11H13NO4S. The van der Waals surface area contributed by atoms with Crippen molar-refractivity contribution in [3.63, 3.8) is 0 Å². The van der Waals surface area contributed by atoms with Crippen LogP contribution in [0.15, 0.2) is 29.2 Å². The molecule has 0 aromatic heterocycles. The van der Waals surface area contributed by atoms with Crippen LogP contribution in [-0.4, -0.2) is 31.5 Å². The van der Waals surface area contributed by atoms with Crippen molar-refractivity contribution in [2.45, 2.75) is 24.8 Å². The first kappa shape index (κ1) is 12.1. The number of ether oxygens (including phenoxy) is 1. The summed E-state index contributed by atoms with van der Waals surface area (Å²) in [6.45, 7) is 3.18. The summed E-state index contributed by atoms with van der Waals surface area (Å²) in [5.74, 6) is -0.513. The predicted molar refractivity (Wildman–Crippen MR) is 60.6 cm³/mol. The molecule has 1 fully saturated rings. The summed E-state index contributed by atoms with van der Waals surface area (Å²) in [6.07, 6.45) is 0. The fourth-order valence-electron chi connectivity index (χ4n) is 1.60. The Bertz CT molecular complexity index is 535. The zero-order valence-electron chi connectivity index (χ0n) is 9.58. The second-order valence-electron chi connectivity index (χ2n) is 3.97. The Morgan fingerprint density at radius 1 is 1.29 bits per heavy atom. The highest BCUT2D eigenvalue weighted by Crippen LogP contribution is 2.22. The number of hydrogen-bond acceptors (Lipinski definition) is 4. The number of cyclic esters (lactones) is 1. The molecule has 5 nitrogen and oxygen atoms in total. The minimum atomic E-state index is -3.65. The number of hydrogen-bond donors (Lipinski definition) is 0. The zero-order chi connectivity index (χ0) is 12.6. The van der Waals surface area contributed by atoms with Gasteiger partial charge in [0.25, 0.3) is 0 Å². The third-order valence-corrected chi connectivity index (χ3v) is 4.64. The maximum atomic E-state index is 12.2. The molecule has 92 valence electrons. The molecule has 17 heavy (non-hydrogen) atoms. The van der Waals surface area contributed by atoms with Crippen LogP contribution in [0.3, 0.4) is 0 Å². The van der Waals surface area contributed by atoms with E-state index in [9.17, 15) is 13.2 Å². The van der Waals surface area contributed by atoms with E-state index < -0.39 is 22.0 Å². The first-order chi connectivity index (χ1) is 7.93. The van der Waals surface area contributed by atoms with E-state index in [4.69, 9.17) is 4.74 Å². The lowest BCUT2D eigenvalue weighted by molar-refractivity contribution is -0.138. The first-order valence-electron chi connectivity index (χ1n) is 5.18. The standard InChI is InChI=1S/C11H13NO4S/c1-8-3-5-10(6-4-8)17(14,15)12-7-16-11(13)9(12)2/h3-6,9H,7H2,1-2H3/t9-/m0/s1. The summed E-state index contributed by atoms with van der Waals surface area (Å²) in [5.41, 5.74) is 0.978. The summed E-state index contributed by atoms with van der Waals surface area (Å²) >= 11 is 0. The first-order valence-corrected chi connectivity index (χ1v) is 6.62. The van der Waals surface area contributed by atoms with Crippen molar-refractivity contribution >= 4 is 16.0 Å². The number of carbonyl (C=O) groups is 1. The maximum Gasteiger partial charge on any atom is 0.325 e. The van der Waals surface area contributed by atoms with Crippen molar-refractivity contribution < 1.29 is 17.9 Å². The molecule has 0 N–H and O–H groups in total. The summed E-state index contributed by atoms with van der Waals surface area (Å²) in [5, 5.41) is 0. The summed E-state index contributed by atoms with van der Waals surface area (Å²) in [6, 6.07) is 5.73. The monoisotopic (exact) mass is 255 g/mol. The highest BCUT2D eigenvalue weighted by Gasteiger charge is 2.39. The van der Waals surface area contributed by atoms with Crippen molar-refractivity contribution in [1.29, 1.82) is 0 Å². The normalized spacial score (nSPS) is 21.5.